The second-order valence-corrected chi connectivity index (χ2v) is 6.39. The molecule has 2 aromatic rings. The lowest BCUT2D eigenvalue weighted by Gasteiger charge is -1.98. The molecule has 19 heavy (non-hydrogen) atoms. The Morgan fingerprint density at radius 1 is 1.16 bits per heavy atom. The Hall–Kier alpha value is -0.940. The molecule has 0 aliphatic carbocycles. The van der Waals surface area contributed by atoms with E-state index in [1.807, 2.05) is 0 Å². The summed E-state index contributed by atoms with van der Waals surface area (Å²) in [5.74, 6) is 0. The first kappa shape index (κ1) is 14.5. The Kier molecular flexibility index (Phi) is 5.34. The summed E-state index contributed by atoms with van der Waals surface area (Å²) in [6.07, 6.45) is 4.30. The molecule has 0 bridgehead atoms. The number of aryl methyl sites for hydroxylation is 2. The summed E-state index contributed by atoms with van der Waals surface area (Å²) < 4.78 is 0. The van der Waals surface area contributed by atoms with Gasteiger partial charge in [0, 0.05) is 11.9 Å². The molecule has 0 unspecified atom stereocenters. The van der Waals surface area contributed by atoms with E-state index in [0.717, 1.165) is 43.1 Å². The van der Waals surface area contributed by atoms with Gasteiger partial charge >= 0.3 is 0 Å². The number of anilines is 1. The normalized spacial score (nSPS) is 10.9. The van der Waals surface area contributed by atoms with E-state index in [9.17, 15) is 0 Å². The Balaban J connectivity index is 2.24. The van der Waals surface area contributed by atoms with Gasteiger partial charge in [0.2, 0.25) is 0 Å². The number of aromatic nitrogens is 2. The summed E-state index contributed by atoms with van der Waals surface area (Å²) in [5, 5.41) is 7.73. The van der Waals surface area contributed by atoms with Crippen molar-refractivity contribution in [1.82, 2.24) is 9.97 Å². The molecule has 104 valence electrons. The molecule has 1 N–H and O–H groups in total. The third-order valence-corrected chi connectivity index (χ3v) is 4.86. The number of rotatable bonds is 7. The average molecular weight is 295 g/mol. The summed E-state index contributed by atoms with van der Waals surface area (Å²) in [6, 6.07) is 0. The van der Waals surface area contributed by atoms with Crippen molar-refractivity contribution in [3.63, 3.8) is 0 Å². The molecule has 0 aromatic carbocycles. The second kappa shape index (κ2) is 7.01. The maximum absolute atomic E-state index is 4.73. The van der Waals surface area contributed by atoms with Crippen molar-refractivity contribution in [2.75, 3.05) is 11.9 Å². The van der Waals surface area contributed by atoms with Crippen LogP contribution < -0.4 is 5.32 Å². The zero-order valence-corrected chi connectivity index (χ0v) is 13.5. The van der Waals surface area contributed by atoms with Crippen LogP contribution in [0.4, 0.5) is 5.13 Å². The van der Waals surface area contributed by atoms with Gasteiger partial charge in [0.25, 0.3) is 0 Å². The van der Waals surface area contributed by atoms with Crippen LogP contribution in [0.2, 0.25) is 0 Å². The Morgan fingerprint density at radius 2 is 2.00 bits per heavy atom. The molecule has 0 radical (unpaired) electrons. The summed E-state index contributed by atoms with van der Waals surface area (Å²) >= 11 is 3.48. The van der Waals surface area contributed by atoms with Crippen molar-refractivity contribution in [1.29, 1.82) is 0 Å². The van der Waals surface area contributed by atoms with Crippen LogP contribution in [-0.2, 0) is 12.8 Å². The van der Waals surface area contributed by atoms with E-state index in [0.29, 0.717) is 0 Å². The van der Waals surface area contributed by atoms with Crippen LogP contribution in [-0.4, -0.2) is 16.5 Å². The van der Waals surface area contributed by atoms with Crippen LogP contribution in [0.1, 0.15) is 44.3 Å². The molecule has 0 atom stereocenters. The predicted octanol–water partition coefficient (Wildman–Crippen LogP) is 4.60. The summed E-state index contributed by atoms with van der Waals surface area (Å²) in [7, 11) is 0. The van der Waals surface area contributed by atoms with Gasteiger partial charge in [-0.25, -0.2) is 9.97 Å². The smallest absolute Gasteiger partial charge is 0.183 e. The van der Waals surface area contributed by atoms with Crippen LogP contribution in [0, 0.1) is 0 Å². The van der Waals surface area contributed by atoms with Crippen LogP contribution >= 0.6 is 22.7 Å². The van der Waals surface area contributed by atoms with Crippen LogP contribution in [0.5, 0.6) is 0 Å². The summed E-state index contributed by atoms with van der Waals surface area (Å²) in [5.41, 5.74) is 2.31. The highest BCUT2D eigenvalue weighted by molar-refractivity contribution is 7.16. The number of thiazole rings is 2. The minimum Gasteiger partial charge on any atom is -0.362 e. The monoisotopic (exact) mass is 295 g/mol. The fourth-order valence-electron chi connectivity index (χ4n) is 1.85. The Bertz CT molecular complexity index is 516. The molecule has 2 heterocycles. The van der Waals surface area contributed by atoms with Crippen molar-refractivity contribution in [2.45, 2.75) is 46.5 Å². The molecule has 0 fully saturated rings. The molecule has 5 heteroatoms. The van der Waals surface area contributed by atoms with Gasteiger partial charge in [-0.3, -0.25) is 0 Å². The maximum atomic E-state index is 4.73. The van der Waals surface area contributed by atoms with Crippen molar-refractivity contribution in [2.24, 2.45) is 0 Å². The van der Waals surface area contributed by atoms with Gasteiger partial charge in [0.1, 0.15) is 0 Å². The van der Waals surface area contributed by atoms with E-state index in [1.165, 1.54) is 15.6 Å². The summed E-state index contributed by atoms with van der Waals surface area (Å²) in [4.78, 5) is 10.7. The van der Waals surface area contributed by atoms with E-state index in [4.69, 9.17) is 4.98 Å². The lowest BCUT2D eigenvalue weighted by Crippen LogP contribution is -1.98. The highest BCUT2D eigenvalue weighted by Gasteiger charge is 2.14. The largest absolute Gasteiger partial charge is 0.362 e. The summed E-state index contributed by atoms with van der Waals surface area (Å²) in [6.45, 7) is 7.51. The average Bonchev–Trinajstić information content (AvgIpc) is 3.03. The van der Waals surface area contributed by atoms with E-state index in [-0.39, 0.29) is 0 Å². The van der Waals surface area contributed by atoms with Crippen LogP contribution in [0.25, 0.3) is 10.6 Å². The highest BCUT2D eigenvalue weighted by atomic mass is 32.1. The first-order valence-electron chi connectivity index (χ1n) is 6.96. The minimum atomic E-state index is 0.984. The lowest BCUT2D eigenvalue weighted by molar-refractivity contribution is 0.882. The Labute approximate surface area is 123 Å². The van der Waals surface area contributed by atoms with E-state index >= 15 is 0 Å². The molecule has 3 nitrogen and oxygen atoms in total. The molecular formula is C14H21N3S2. The van der Waals surface area contributed by atoms with Crippen molar-refractivity contribution >= 4 is 27.8 Å². The molecular weight excluding hydrogens is 274 g/mol. The molecule has 0 amide bonds. The number of hydrogen-bond acceptors (Lipinski definition) is 5. The van der Waals surface area contributed by atoms with Gasteiger partial charge in [-0.1, -0.05) is 27.2 Å². The SMILES string of the molecule is CCCNc1nc(-c2sc(CC)nc2CCC)cs1. The van der Waals surface area contributed by atoms with Crippen LogP contribution in [0.15, 0.2) is 5.38 Å². The maximum Gasteiger partial charge on any atom is 0.183 e. The number of nitrogens with one attached hydrogen (secondary N) is 1. The van der Waals surface area contributed by atoms with E-state index in [1.54, 1.807) is 22.7 Å². The quantitative estimate of drug-likeness (QED) is 0.811. The van der Waals surface area contributed by atoms with Gasteiger partial charge in [-0.2, -0.15) is 0 Å². The van der Waals surface area contributed by atoms with Crippen molar-refractivity contribution in [3.8, 4) is 10.6 Å². The van der Waals surface area contributed by atoms with Gasteiger partial charge in [-0.15, -0.1) is 22.7 Å². The molecule has 0 saturated heterocycles. The van der Waals surface area contributed by atoms with Crippen molar-refractivity contribution < 1.29 is 0 Å². The van der Waals surface area contributed by atoms with Gasteiger partial charge < -0.3 is 5.32 Å². The molecule has 0 aliphatic heterocycles. The standard InChI is InChI=1S/C14H21N3S2/c1-4-7-10-13(19-12(6-3)16-10)11-9-18-14(17-11)15-8-5-2/h9H,4-8H2,1-3H3,(H,15,17). The third-order valence-electron chi connectivity index (χ3n) is 2.79. The zero-order valence-electron chi connectivity index (χ0n) is 11.8. The van der Waals surface area contributed by atoms with Gasteiger partial charge in [0.05, 0.1) is 21.3 Å². The third kappa shape index (κ3) is 3.54. The molecule has 0 saturated carbocycles. The fourth-order valence-corrected chi connectivity index (χ4v) is 3.66. The molecule has 2 aromatic heterocycles. The molecule has 0 aliphatic rings. The van der Waals surface area contributed by atoms with Crippen LogP contribution in [0.3, 0.4) is 0 Å². The van der Waals surface area contributed by atoms with Crippen molar-refractivity contribution in [3.05, 3.63) is 16.1 Å². The Morgan fingerprint density at radius 3 is 2.68 bits per heavy atom. The second-order valence-electron chi connectivity index (χ2n) is 4.45. The van der Waals surface area contributed by atoms with Gasteiger partial charge in [0.15, 0.2) is 5.13 Å². The lowest BCUT2D eigenvalue weighted by atomic mass is 10.2. The predicted molar refractivity (Wildman–Crippen MR) is 85.4 cm³/mol. The topological polar surface area (TPSA) is 37.8 Å². The number of hydrogen-bond donors (Lipinski definition) is 1. The van der Waals surface area contributed by atoms with E-state index < -0.39 is 0 Å². The fraction of sp³-hybridized carbons (Fsp3) is 0.571. The molecule has 0 spiro atoms. The minimum absolute atomic E-state index is 0.984. The highest BCUT2D eigenvalue weighted by Crippen LogP contribution is 2.33. The molecule has 2 rings (SSSR count). The number of nitrogens with zero attached hydrogens (tertiary/aromatic N) is 2. The van der Waals surface area contributed by atoms with Gasteiger partial charge in [-0.05, 0) is 19.3 Å². The first-order chi connectivity index (χ1) is 9.28. The first-order valence-corrected chi connectivity index (χ1v) is 8.66. The van der Waals surface area contributed by atoms with E-state index in [2.05, 4.69) is 36.5 Å². The zero-order chi connectivity index (χ0) is 13.7.